The first-order valence-corrected chi connectivity index (χ1v) is 21.9. The van der Waals surface area contributed by atoms with E-state index < -0.39 is 17.8 Å². The van der Waals surface area contributed by atoms with Gasteiger partial charge in [0, 0.05) is 93.1 Å². The van der Waals surface area contributed by atoms with Crippen LogP contribution in [-0.2, 0) is 35.1 Å². The van der Waals surface area contributed by atoms with Gasteiger partial charge in [-0.25, -0.2) is 4.39 Å². The summed E-state index contributed by atoms with van der Waals surface area (Å²) in [6.07, 6.45) is 9.22. The number of halogens is 1. The highest BCUT2D eigenvalue weighted by Gasteiger charge is 2.35. The van der Waals surface area contributed by atoms with Crippen molar-refractivity contribution < 1.29 is 32.9 Å². The predicted octanol–water partition coefficient (Wildman–Crippen LogP) is 4.22. The number of carbonyl (C=O) groups excluding carboxylic acids is 2. The van der Waals surface area contributed by atoms with Gasteiger partial charge in [0.05, 0.1) is 68.8 Å². The van der Waals surface area contributed by atoms with Crippen molar-refractivity contribution in [2.75, 3.05) is 89.2 Å². The van der Waals surface area contributed by atoms with Crippen molar-refractivity contribution in [3.8, 4) is 0 Å². The molecule has 3 aliphatic rings. The van der Waals surface area contributed by atoms with E-state index in [4.69, 9.17) is 24.7 Å². The molecule has 1 unspecified atom stereocenters. The highest BCUT2D eigenvalue weighted by Crippen LogP contribution is 2.39. The van der Waals surface area contributed by atoms with Crippen LogP contribution in [0, 0.1) is 25.6 Å². The van der Waals surface area contributed by atoms with Gasteiger partial charge in [-0.3, -0.25) is 24.4 Å². The Morgan fingerprint density at radius 1 is 0.968 bits per heavy atom. The summed E-state index contributed by atoms with van der Waals surface area (Å²) < 4.78 is 39.9. The molecule has 1 aromatic carbocycles. The molecule has 0 bridgehead atoms. The summed E-state index contributed by atoms with van der Waals surface area (Å²) in [6.45, 7) is 9.27. The number of piperidine rings is 1. The minimum Gasteiger partial charge on any atom is -0.452 e. The summed E-state index contributed by atoms with van der Waals surface area (Å²) in [5, 5.41) is 4.15. The van der Waals surface area contributed by atoms with Crippen LogP contribution in [0.25, 0.3) is 10.9 Å². The lowest BCUT2D eigenvalue weighted by Gasteiger charge is -2.39. The van der Waals surface area contributed by atoms with Gasteiger partial charge in [-0.1, -0.05) is 0 Å². The third-order valence-electron chi connectivity index (χ3n) is 12.3. The molecule has 0 radical (unpaired) electrons. The largest absolute Gasteiger partial charge is 0.452 e. The van der Waals surface area contributed by atoms with Gasteiger partial charge in [-0.05, 0) is 93.8 Å². The second-order valence-corrected chi connectivity index (χ2v) is 16.7. The van der Waals surface area contributed by atoms with Crippen molar-refractivity contribution in [1.82, 2.24) is 24.8 Å². The summed E-state index contributed by atoms with van der Waals surface area (Å²) in [5.41, 5.74) is 11.1. The van der Waals surface area contributed by atoms with Crippen LogP contribution in [0.3, 0.4) is 0 Å². The number of nitrogens with one attached hydrogen (secondary N) is 1. The van der Waals surface area contributed by atoms with E-state index in [9.17, 15) is 14.4 Å². The normalized spacial score (nSPS) is 18.9. The van der Waals surface area contributed by atoms with Crippen LogP contribution in [0.5, 0.6) is 0 Å². The molecule has 7 rings (SSSR count). The van der Waals surface area contributed by atoms with Crippen LogP contribution in [-0.4, -0.2) is 123 Å². The van der Waals surface area contributed by atoms with Crippen LogP contribution in [0.2, 0.25) is 0 Å². The first kappa shape index (κ1) is 45.0. The molecule has 15 nitrogen and oxygen atoms in total. The Bertz CT molecular complexity index is 2190. The van der Waals surface area contributed by atoms with E-state index in [1.165, 1.54) is 6.07 Å². The van der Waals surface area contributed by atoms with Gasteiger partial charge in [0.1, 0.15) is 5.82 Å². The third-order valence-corrected chi connectivity index (χ3v) is 12.3. The Morgan fingerprint density at radius 2 is 1.76 bits per heavy atom. The van der Waals surface area contributed by atoms with Crippen molar-refractivity contribution in [1.29, 1.82) is 0 Å². The van der Waals surface area contributed by atoms with Crippen molar-refractivity contribution >= 4 is 34.7 Å². The predicted molar refractivity (Wildman–Crippen MR) is 235 cm³/mol. The van der Waals surface area contributed by atoms with Crippen molar-refractivity contribution in [2.24, 2.45) is 11.7 Å². The number of likely N-dealkylation sites (N-methyl/N-ethyl adjacent to an activating group) is 1. The summed E-state index contributed by atoms with van der Waals surface area (Å²) in [4.78, 5) is 54.0. The fourth-order valence-electron chi connectivity index (χ4n) is 8.77. The number of nitrogens with zero attached hydrogens (tertiary/aromatic N) is 6. The van der Waals surface area contributed by atoms with E-state index >= 15 is 4.39 Å². The highest BCUT2D eigenvalue weighted by molar-refractivity contribution is 5.85. The lowest BCUT2D eigenvalue weighted by Crippen LogP contribution is -2.46. The summed E-state index contributed by atoms with van der Waals surface area (Å²) in [7, 11) is 1.66. The zero-order valence-corrected chi connectivity index (χ0v) is 36.2. The van der Waals surface area contributed by atoms with Crippen molar-refractivity contribution in [2.45, 2.75) is 76.7 Å². The number of hydrogen-bond acceptors (Lipinski definition) is 13. The molecule has 62 heavy (non-hydrogen) atoms. The number of carbonyl (C=O) groups is 2. The Morgan fingerprint density at radius 3 is 2.48 bits per heavy atom. The molecular formula is C46H61FN8O7. The third kappa shape index (κ3) is 11.1. The SMILES string of the molecule is Cc1ccc(N2CCC[C@H]([C@@H](NCc3cn(C4CC4)c4cc(N5CC[C@@H](N(C)C(=O)C(COCCOCCOCCN)OC=O)C5)c(F)cc4c3=O)c3ccnc(C)c3)C2)cn1. The maximum atomic E-state index is 16.3. The van der Waals surface area contributed by atoms with Crippen LogP contribution in [0.4, 0.5) is 15.8 Å². The molecule has 4 aromatic rings. The number of nitrogens with two attached hydrogens (primary N) is 1. The number of pyridine rings is 3. The molecule has 1 amide bonds. The molecule has 2 saturated heterocycles. The second kappa shape index (κ2) is 21.4. The first-order chi connectivity index (χ1) is 30.1. The Balaban J connectivity index is 1.04. The minimum absolute atomic E-state index is 0.0420. The van der Waals surface area contributed by atoms with Crippen molar-refractivity contribution in [3.05, 3.63) is 93.5 Å². The van der Waals surface area contributed by atoms with E-state index in [-0.39, 0.29) is 55.8 Å². The molecule has 3 N–H and O–H groups in total. The maximum absolute atomic E-state index is 16.3. The fourth-order valence-corrected chi connectivity index (χ4v) is 8.77. The van der Waals surface area contributed by atoms with Crippen LogP contribution in [0.1, 0.15) is 66.7 Å². The molecular weight excluding hydrogens is 796 g/mol. The molecule has 16 heteroatoms. The first-order valence-electron chi connectivity index (χ1n) is 21.9. The van der Waals surface area contributed by atoms with E-state index in [0.29, 0.717) is 74.6 Å². The summed E-state index contributed by atoms with van der Waals surface area (Å²) in [5.74, 6) is -0.636. The smallest absolute Gasteiger partial charge is 0.293 e. The molecule has 3 fully saturated rings. The molecule has 5 heterocycles. The molecule has 4 atom stereocenters. The number of rotatable bonds is 22. The molecule has 0 spiro atoms. The minimum atomic E-state index is -1.13. The summed E-state index contributed by atoms with van der Waals surface area (Å²) in [6, 6.07) is 11.4. The Hall–Kier alpha value is -5.00. The average Bonchev–Trinajstić information content (AvgIpc) is 4.01. The van der Waals surface area contributed by atoms with Gasteiger partial charge in [0.25, 0.3) is 12.4 Å². The standard InChI is InChI=1S/C46H61FN8O7/c1-31-6-7-37(25-50-31)53-14-4-5-34(26-53)44(33-10-13-49-32(2)21-33)51-24-35-27-55(36-8-9-36)41-23-42(40(47)22-39(41)45(35)57)54-15-11-38(28-54)52(3)46(58)43(62-30-56)29-61-20-19-60-18-17-59-16-12-48/h6-7,10,13,21-23,25,27,30,34,36,38,43-44,51H,4-5,8-9,11-12,14-20,24,26,28-29,48H2,1-3H3/t34-,38+,43?,44-/m0/s1. The van der Waals surface area contributed by atoms with E-state index in [0.717, 1.165) is 61.4 Å². The lowest BCUT2D eigenvalue weighted by atomic mass is 9.86. The molecule has 334 valence electrons. The number of aryl methyl sites for hydroxylation is 2. The van der Waals surface area contributed by atoms with Gasteiger partial charge in [-0.2, -0.15) is 0 Å². The van der Waals surface area contributed by atoms with Gasteiger partial charge in [0.15, 0.2) is 5.43 Å². The van der Waals surface area contributed by atoms with E-state index in [2.05, 4.69) is 43.0 Å². The Labute approximate surface area is 362 Å². The maximum Gasteiger partial charge on any atom is 0.293 e. The van der Waals surface area contributed by atoms with Gasteiger partial charge < -0.3 is 49.3 Å². The van der Waals surface area contributed by atoms with Gasteiger partial charge in [-0.15, -0.1) is 0 Å². The molecule has 1 saturated carbocycles. The average molecular weight is 857 g/mol. The number of fused-ring (bicyclic) bond motifs is 1. The zero-order valence-electron chi connectivity index (χ0n) is 36.2. The Kier molecular flexibility index (Phi) is 15.5. The number of anilines is 2. The summed E-state index contributed by atoms with van der Waals surface area (Å²) >= 11 is 0. The quantitative estimate of drug-likeness (QED) is 0.0854. The monoisotopic (exact) mass is 856 g/mol. The van der Waals surface area contributed by atoms with E-state index in [1.54, 1.807) is 18.0 Å². The topological polar surface area (TPSA) is 167 Å². The lowest BCUT2D eigenvalue weighted by molar-refractivity contribution is -0.156. The highest BCUT2D eigenvalue weighted by atomic mass is 19.1. The molecule has 3 aromatic heterocycles. The number of amides is 1. The zero-order chi connectivity index (χ0) is 43.6. The van der Waals surface area contributed by atoms with E-state index in [1.807, 2.05) is 43.4 Å². The van der Waals surface area contributed by atoms with Crippen LogP contribution in [0.15, 0.2) is 59.8 Å². The number of hydrogen-bond donors (Lipinski definition) is 2. The van der Waals surface area contributed by atoms with Gasteiger partial charge in [0.2, 0.25) is 6.10 Å². The van der Waals surface area contributed by atoms with Gasteiger partial charge >= 0.3 is 0 Å². The molecule has 2 aliphatic heterocycles. The van der Waals surface area contributed by atoms with Crippen molar-refractivity contribution in [3.63, 3.8) is 0 Å². The molecule has 1 aliphatic carbocycles. The fraction of sp³-hybridized carbons (Fsp3) is 0.543. The second-order valence-electron chi connectivity index (χ2n) is 16.7. The number of benzene rings is 1. The van der Waals surface area contributed by atoms with Crippen LogP contribution >= 0.6 is 0 Å². The number of aromatic nitrogens is 3. The van der Waals surface area contributed by atoms with Crippen LogP contribution < -0.4 is 26.3 Å². The number of ether oxygens (including phenoxy) is 4.